The number of carbonyl (C=O) groups excluding carboxylic acids is 2. The van der Waals surface area contributed by atoms with Gasteiger partial charge in [-0.15, -0.1) is 0 Å². The minimum atomic E-state index is -1.02. The molecule has 0 bridgehead atoms. The summed E-state index contributed by atoms with van der Waals surface area (Å²) < 4.78 is 28.5. The highest BCUT2D eigenvalue weighted by Gasteiger charge is 2.18. The summed E-state index contributed by atoms with van der Waals surface area (Å²) in [4.78, 5) is 39.6. The van der Waals surface area contributed by atoms with Crippen LogP contribution in [0, 0.1) is 11.6 Å². The maximum Gasteiger partial charge on any atom is 0.318 e. The first-order valence-electron chi connectivity index (χ1n) is 7.56. The Hall–Kier alpha value is -3.27. The smallest absolute Gasteiger partial charge is 0.318 e. The van der Waals surface area contributed by atoms with Crippen molar-refractivity contribution in [1.82, 2.24) is 14.9 Å². The summed E-state index contributed by atoms with van der Waals surface area (Å²) >= 11 is 0.805. The summed E-state index contributed by atoms with van der Waals surface area (Å²) in [5, 5.41) is 2.12. The van der Waals surface area contributed by atoms with Crippen molar-refractivity contribution < 1.29 is 18.4 Å². The Bertz CT molecular complexity index is 1120. The van der Waals surface area contributed by atoms with E-state index in [9.17, 15) is 23.2 Å². The van der Waals surface area contributed by atoms with Crippen LogP contribution >= 0.6 is 11.8 Å². The summed E-state index contributed by atoms with van der Waals surface area (Å²) in [6, 6.07) is 8.16. The lowest BCUT2D eigenvalue weighted by Gasteiger charge is -2.13. The molecule has 3 rings (SSSR count). The van der Waals surface area contributed by atoms with Crippen LogP contribution in [0.2, 0.25) is 0 Å². The maximum atomic E-state index is 14.3. The molecule has 10 heteroatoms. The van der Waals surface area contributed by atoms with Crippen molar-refractivity contribution in [3.8, 4) is 5.69 Å². The van der Waals surface area contributed by atoms with Gasteiger partial charge < -0.3 is 5.73 Å². The van der Waals surface area contributed by atoms with Crippen molar-refractivity contribution in [1.29, 1.82) is 0 Å². The second kappa shape index (κ2) is 7.54. The third kappa shape index (κ3) is 3.95. The standard InChI is InChI=1S/C17H12F2N4O3S/c18-9-5-6-13(11(19)7-9)23-15(25)10-3-1-2-4-12(10)21-17(23)27-8-14(24)22-16(20)26/h1-7H,8H2,(H3,20,22,24,26). The van der Waals surface area contributed by atoms with Gasteiger partial charge in [-0.2, -0.15) is 0 Å². The monoisotopic (exact) mass is 390 g/mol. The number of nitrogens with one attached hydrogen (secondary N) is 1. The predicted molar refractivity (Wildman–Crippen MR) is 95.7 cm³/mol. The second-order valence-corrected chi connectivity index (χ2v) is 6.29. The molecule has 1 heterocycles. The van der Waals surface area contributed by atoms with Crippen molar-refractivity contribution in [2.24, 2.45) is 5.73 Å². The number of fused-ring (bicyclic) bond motifs is 1. The van der Waals surface area contributed by atoms with Gasteiger partial charge in [0.15, 0.2) is 5.16 Å². The number of halogens is 2. The van der Waals surface area contributed by atoms with Gasteiger partial charge in [0.1, 0.15) is 11.6 Å². The number of primary amides is 1. The molecule has 3 N–H and O–H groups in total. The van der Waals surface area contributed by atoms with Gasteiger partial charge in [-0.25, -0.2) is 18.6 Å². The van der Waals surface area contributed by atoms with Crippen molar-refractivity contribution >= 4 is 34.6 Å². The van der Waals surface area contributed by atoms with E-state index in [1.807, 2.05) is 5.32 Å². The Kier molecular flexibility index (Phi) is 5.17. The van der Waals surface area contributed by atoms with E-state index in [-0.39, 0.29) is 22.0 Å². The Balaban J connectivity index is 2.14. The van der Waals surface area contributed by atoms with Crippen LogP contribution < -0.4 is 16.6 Å². The number of carbonyl (C=O) groups is 2. The van der Waals surface area contributed by atoms with Gasteiger partial charge in [0.25, 0.3) is 5.56 Å². The predicted octanol–water partition coefficient (Wildman–Crippen LogP) is 1.95. The van der Waals surface area contributed by atoms with Crippen molar-refractivity contribution in [3.05, 3.63) is 64.5 Å². The van der Waals surface area contributed by atoms with Crippen LogP contribution in [-0.4, -0.2) is 27.2 Å². The van der Waals surface area contributed by atoms with E-state index in [1.54, 1.807) is 18.2 Å². The van der Waals surface area contributed by atoms with Gasteiger partial charge in [0, 0.05) is 6.07 Å². The first-order chi connectivity index (χ1) is 12.9. The summed E-state index contributed by atoms with van der Waals surface area (Å²) in [5.41, 5.74) is 4.44. The quantitative estimate of drug-likeness (QED) is 0.523. The minimum Gasteiger partial charge on any atom is -0.351 e. The summed E-state index contributed by atoms with van der Waals surface area (Å²) in [7, 11) is 0. The van der Waals surface area contributed by atoms with Crippen LogP contribution in [0.25, 0.3) is 16.6 Å². The molecular formula is C17H12F2N4O3S. The maximum absolute atomic E-state index is 14.3. The van der Waals surface area contributed by atoms with Gasteiger partial charge in [0.05, 0.1) is 22.3 Å². The van der Waals surface area contributed by atoms with Crippen LogP contribution in [0.1, 0.15) is 0 Å². The largest absolute Gasteiger partial charge is 0.351 e. The lowest BCUT2D eigenvalue weighted by Crippen LogP contribution is -2.36. The number of urea groups is 1. The zero-order chi connectivity index (χ0) is 19.6. The second-order valence-electron chi connectivity index (χ2n) is 5.35. The molecule has 0 atom stereocenters. The molecule has 0 fully saturated rings. The molecular weight excluding hydrogens is 378 g/mol. The third-order valence-electron chi connectivity index (χ3n) is 3.49. The number of benzene rings is 2. The van der Waals surface area contributed by atoms with E-state index < -0.39 is 29.1 Å². The highest BCUT2D eigenvalue weighted by Crippen LogP contribution is 2.23. The Morgan fingerprint density at radius 2 is 1.93 bits per heavy atom. The lowest BCUT2D eigenvalue weighted by molar-refractivity contribution is -0.117. The Labute approximate surface area is 155 Å². The molecule has 138 valence electrons. The summed E-state index contributed by atoms with van der Waals surface area (Å²) in [6.07, 6.45) is 0. The number of hydrogen-bond donors (Lipinski definition) is 2. The molecule has 1 aromatic heterocycles. The number of amides is 3. The van der Waals surface area contributed by atoms with E-state index in [0.717, 1.165) is 28.5 Å². The molecule has 3 aromatic rings. The van der Waals surface area contributed by atoms with Gasteiger partial charge in [-0.05, 0) is 24.3 Å². The van der Waals surface area contributed by atoms with E-state index in [0.29, 0.717) is 11.6 Å². The molecule has 0 aliphatic rings. The molecule has 27 heavy (non-hydrogen) atoms. The molecule has 0 saturated carbocycles. The van der Waals surface area contributed by atoms with E-state index >= 15 is 0 Å². The number of nitrogens with two attached hydrogens (primary N) is 1. The van der Waals surface area contributed by atoms with Crippen LogP contribution in [0.4, 0.5) is 13.6 Å². The number of para-hydroxylation sites is 1. The topological polar surface area (TPSA) is 107 Å². The van der Waals surface area contributed by atoms with Gasteiger partial charge in [0.2, 0.25) is 5.91 Å². The molecule has 0 unspecified atom stereocenters. The average molecular weight is 390 g/mol. The molecule has 0 saturated heterocycles. The normalized spacial score (nSPS) is 10.7. The van der Waals surface area contributed by atoms with Crippen molar-refractivity contribution in [2.75, 3.05) is 5.75 Å². The number of aromatic nitrogens is 2. The number of thioether (sulfide) groups is 1. The fourth-order valence-electron chi connectivity index (χ4n) is 2.39. The number of imide groups is 1. The molecule has 0 radical (unpaired) electrons. The highest BCUT2D eigenvalue weighted by molar-refractivity contribution is 7.99. The van der Waals surface area contributed by atoms with Crippen molar-refractivity contribution in [2.45, 2.75) is 5.16 Å². The van der Waals surface area contributed by atoms with E-state index in [2.05, 4.69) is 4.98 Å². The van der Waals surface area contributed by atoms with Crippen LogP contribution in [0.5, 0.6) is 0 Å². The van der Waals surface area contributed by atoms with Gasteiger partial charge in [-0.1, -0.05) is 23.9 Å². The number of hydrogen-bond acceptors (Lipinski definition) is 5. The molecule has 0 aliphatic heterocycles. The Morgan fingerprint density at radius 3 is 2.63 bits per heavy atom. The van der Waals surface area contributed by atoms with Crippen LogP contribution in [0.3, 0.4) is 0 Å². The van der Waals surface area contributed by atoms with E-state index in [1.165, 1.54) is 6.07 Å². The first kappa shape index (κ1) is 18.5. The zero-order valence-corrected chi connectivity index (χ0v) is 14.4. The van der Waals surface area contributed by atoms with E-state index in [4.69, 9.17) is 5.73 Å². The third-order valence-corrected chi connectivity index (χ3v) is 4.43. The lowest BCUT2D eigenvalue weighted by atomic mass is 10.2. The van der Waals surface area contributed by atoms with Crippen LogP contribution in [-0.2, 0) is 4.79 Å². The zero-order valence-electron chi connectivity index (χ0n) is 13.6. The fourth-order valence-corrected chi connectivity index (χ4v) is 3.19. The SMILES string of the molecule is NC(=O)NC(=O)CSc1nc2ccccc2c(=O)n1-c1ccc(F)cc1F. The molecule has 7 nitrogen and oxygen atoms in total. The van der Waals surface area contributed by atoms with Gasteiger partial charge >= 0.3 is 6.03 Å². The van der Waals surface area contributed by atoms with Gasteiger partial charge in [-0.3, -0.25) is 19.5 Å². The van der Waals surface area contributed by atoms with Crippen molar-refractivity contribution in [3.63, 3.8) is 0 Å². The number of rotatable bonds is 4. The summed E-state index contributed by atoms with van der Waals surface area (Å²) in [6.45, 7) is 0. The summed E-state index contributed by atoms with van der Waals surface area (Å²) in [5.74, 6) is -2.76. The Morgan fingerprint density at radius 1 is 1.19 bits per heavy atom. The molecule has 2 aromatic carbocycles. The molecule has 0 spiro atoms. The minimum absolute atomic E-state index is 0.00354. The first-order valence-corrected chi connectivity index (χ1v) is 8.54. The highest BCUT2D eigenvalue weighted by atomic mass is 32.2. The molecule has 3 amide bonds. The van der Waals surface area contributed by atoms with Crippen LogP contribution in [0.15, 0.2) is 52.4 Å². The fraction of sp³-hybridized carbons (Fsp3) is 0.0588. The molecule has 0 aliphatic carbocycles. The average Bonchev–Trinajstić information content (AvgIpc) is 2.60. The number of nitrogens with zero attached hydrogens (tertiary/aromatic N) is 2.